The van der Waals surface area contributed by atoms with Gasteiger partial charge in [-0.15, -0.1) is 6.58 Å². The molecule has 2 fully saturated rings. The Kier molecular flexibility index (Phi) is 1.34. The first kappa shape index (κ1) is 6.41. The van der Waals surface area contributed by atoms with Crippen molar-refractivity contribution < 1.29 is 0 Å². The Morgan fingerprint density at radius 1 is 1.30 bits per heavy atom. The van der Waals surface area contributed by atoms with Crippen LogP contribution in [0.4, 0.5) is 0 Å². The Labute approximate surface area is 62.7 Å². The van der Waals surface area contributed by atoms with Gasteiger partial charge in [-0.05, 0) is 37.8 Å². The molecule has 1 radical (unpaired) electrons. The van der Waals surface area contributed by atoms with Crippen molar-refractivity contribution in [3.05, 3.63) is 19.1 Å². The highest BCUT2D eigenvalue weighted by Gasteiger charge is 2.42. The molecule has 55 valence electrons. The summed E-state index contributed by atoms with van der Waals surface area (Å²) in [5.74, 6) is 0. The first-order chi connectivity index (χ1) is 4.85. The summed E-state index contributed by atoms with van der Waals surface area (Å²) in [4.78, 5) is 2.54. The molecule has 0 amide bonds. The van der Waals surface area contributed by atoms with E-state index in [4.69, 9.17) is 0 Å². The molecule has 2 heterocycles. The average Bonchev–Trinajstić information content (AvgIpc) is 2.46. The van der Waals surface area contributed by atoms with Crippen molar-refractivity contribution in [2.75, 3.05) is 19.6 Å². The second-order valence-electron chi connectivity index (χ2n) is 3.54. The minimum atomic E-state index is 0.543. The van der Waals surface area contributed by atoms with Gasteiger partial charge in [0.25, 0.3) is 0 Å². The molecule has 0 N–H and O–H groups in total. The Hall–Kier alpha value is -0.300. The van der Waals surface area contributed by atoms with Crippen LogP contribution in [-0.4, -0.2) is 24.5 Å². The first-order valence-corrected chi connectivity index (χ1v) is 4.04. The number of hydrogen-bond donors (Lipinski definition) is 0. The lowest BCUT2D eigenvalue weighted by atomic mass is 9.82. The summed E-state index contributed by atoms with van der Waals surface area (Å²) < 4.78 is 0. The Balaban J connectivity index is 2.07. The maximum Gasteiger partial charge on any atom is 0.00448 e. The summed E-state index contributed by atoms with van der Waals surface area (Å²) >= 11 is 0. The van der Waals surface area contributed by atoms with Crippen LogP contribution in [0.5, 0.6) is 0 Å². The fourth-order valence-electron chi connectivity index (χ4n) is 2.23. The predicted octanol–water partition coefficient (Wildman–Crippen LogP) is 1.47. The molecule has 2 bridgehead atoms. The van der Waals surface area contributed by atoms with E-state index >= 15 is 0 Å². The molecule has 0 aromatic rings. The third-order valence-electron chi connectivity index (χ3n) is 2.86. The zero-order chi connectivity index (χ0) is 7.03. The van der Waals surface area contributed by atoms with Gasteiger partial charge in [0.05, 0.1) is 0 Å². The standard InChI is InChI=1S/C9H14N/c1-2-3-9-4-6-10(8-9)7-5-9/h2-3H,1,4-8H2. The van der Waals surface area contributed by atoms with Gasteiger partial charge in [-0.2, -0.15) is 0 Å². The Bertz CT molecular complexity index is 143. The van der Waals surface area contributed by atoms with Crippen LogP contribution in [0.25, 0.3) is 0 Å². The van der Waals surface area contributed by atoms with Crippen LogP contribution >= 0.6 is 0 Å². The monoisotopic (exact) mass is 136 g/mol. The zero-order valence-electron chi connectivity index (χ0n) is 6.34. The highest BCUT2D eigenvalue weighted by atomic mass is 15.2. The van der Waals surface area contributed by atoms with Crippen LogP contribution in [0.15, 0.2) is 12.7 Å². The summed E-state index contributed by atoms with van der Waals surface area (Å²) in [6.45, 7) is 7.67. The molecule has 0 unspecified atom stereocenters. The largest absolute Gasteiger partial charge is 0.303 e. The van der Waals surface area contributed by atoms with Crippen molar-refractivity contribution in [1.82, 2.24) is 4.90 Å². The van der Waals surface area contributed by atoms with Crippen LogP contribution < -0.4 is 0 Å². The van der Waals surface area contributed by atoms with E-state index in [0.29, 0.717) is 5.41 Å². The van der Waals surface area contributed by atoms with Gasteiger partial charge in [0.1, 0.15) is 0 Å². The van der Waals surface area contributed by atoms with Crippen LogP contribution in [0.3, 0.4) is 0 Å². The van der Waals surface area contributed by atoms with Crippen molar-refractivity contribution in [3.63, 3.8) is 0 Å². The van der Waals surface area contributed by atoms with E-state index in [1.165, 1.54) is 32.5 Å². The first-order valence-electron chi connectivity index (χ1n) is 4.04. The zero-order valence-corrected chi connectivity index (χ0v) is 6.34. The molecule has 0 spiro atoms. The summed E-state index contributed by atoms with van der Waals surface area (Å²) in [6.07, 6.45) is 6.99. The van der Waals surface area contributed by atoms with Gasteiger partial charge >= 0.3 is 0 Å². The lowest BCUT2D eigenvalue weighted by Gasteiger charge is -2.22. The fourth-order valence-corrected chi connectivity index (χ4v) is 2.23. The minimum absolute atomic E-state index is 0.543. The molecular weight excluding hydrogens is 122 g/mol. The van der Waals surface area contributed by atoms with E-state index in [-0.39, 0.29) is 0 Å². The van der Waals surface area contributed by atoms with Crippen LogP contribution in [-0.2, 0) is 0 Å². The van der Waals surface area contributed by atoms with E-state index in [0.717, 1.165) is 0 Å². The molecule has 0 atom stereocenters. The van der Waals surface area contributed by atoms with Crippen molar-refractivity contribution in [2.24, 2.45) is 5.41 Å². The van der Waals surface area contributed by atoms with Gasteiger partial charge < -0.3 is 4.90 Å². The minimum Gasteiger partial charge on any atom is -0.303 e. The van der Waals surface area contributed by atoms with Gasteiger partial charge in [0.2, 0.25) is 0 Å². The van der Waals surface area contributed by atoms with Crippen LogP contribution in [0, 0.1) is 11.8 Å². The number of piperidine rings is 1. The molecule has 2 aliphatic rings. The normalized spacial score (nSPS) is 44.2. The molecule has 10 heavy (non-hydrogen) atoms. The summed E-state index contributed by atoms with van der Waals surface area (Å²) in [5.41, 5.74) is 0.543. The van der Waals surface area contributed by atoms with E-state index in [1.54, 1.807) is 0 Å². The highest BCUT2D eigenvalue weighted by Crippen LogP contribution is 2.42. The number of nitrogens with zero attached hydrogens (tertiary/aromatic N) is 1. The average molecular weight is 136 g/mol. The van der Waals surface area contributed by atoms with Gasteiger partial charge in [-0.1, -0.05) is 6.08 Å². The van der Waals surface area contributed by atoms with Gasteiger partial charge in [0.15, 0.2) is 0 Å². The van der Waals surface area contributed by atoms with Crippen molar-refractivity contribution >= 4 is 0 Å². The lowest BCUT2D eigenvalue weighted by Crippen LogP contribution is -2.19. The van der Waals surface area contributed by atoms with Gasteiger partial charge in [-0.25, -0.2) is 0 Å². The van der Waals surface area contributed by atoms with Crippen molar-refractivity contribution in [2.45, 2.75) is 12.8 Å². The highest BCUT2D eigenvalue weighted by molar-refractivity contribution is 5.10. The Morgan fingerprint density at radius 2 is 2.00 bits per heavy atom. The van der Waals surface area contributed by atoms with E-state index in [9.17, 15) is 0 Å². The third kappa shape index (κ3) is 0.807. The van der Waals surface area contributed by atoms with E-state index in [2.05, 4.69) is 17.9 Å². The van der Waals surface area contributed by atoms with Gasteiger partial charge in [0, 0.05) is 6.54 Å². The number of rotatable bonds is 2. The number of fused-ring (bicyclic) bond motifs is 2. The maximum absolute atomic E-state index is 3.76. The quantitative estimate of drug-likeness (QED) is 0.555. The molecular formula is C9H14N. The SMILES string of the molecule is C=C[CH]C12CCN(CC1)C2. The molecule has 0 aromatic carbocycles. The molecule has 0 aromatic heterocycles. The molecule has 1 heteroatoms. The molecule has 0 aliphatic carbocycles. The van der Waals surface area contributed by atoms with E-state index in [1.807, 2.05) is 6.08 Å². The second kappa shape index (κ2) is 2.09. The molecule has 2 rings (SSSR count). The second-order valence-corrected chi connectivity index (χ2v) is 3.54. The number of hydrogen-bond acceptors (Lipinski definition) is 1. The summed E-state index contributed by atoms with van der Waals surface area (Å²) in [5, 5.41) is 0. The molecule has 1 nitrogen and oxygen atoms in total. The maximum atomic E-state index is 3.76. The fraction of sp³-hybridized carbons (Fsp3) is 0.667. The Morgan fingerprint density at radius 3 is 2.40 bits per heavy atom. The molecule has 0 saturated carbocycles. The summed E-state index contributed by atoms with van der Waals surface area (Å²) in [7, 11) is 0. The van der Waals surface area contributed by atoms with Crippen molar-refractivity contribution in [3.8, 4) is 0 Å². The topological polar surface area (TPSA) is 3.24 Å². The van der Waals surface area contributed by atoms with Crippen LogP contribution in [0.1, 0.15) is 12.8 Å². The predicted molar refractivity (Wildman–Crippen MR) is 42.6 cm³/mol. The van der Waals surface area contributed by atoms with E-state index < -0.39 is 0 Å². The third-order valence-corrected chi connectivity index (χ3v) is 2.86. The van der Waals surface area contributed by atoms with Gasteiger partial charge in [-0.3, -0.25) is 0 Å². The lowest BCUT2D eigenvalue weighted by molar-refractivity contribution is 0.354. The molecule has 2 saturated heterocycles. The smallest absolute Gasteiger partial charge is 0.00448 e. The number of allylic oxidation sites excluding steroid dienone is 1. The molecule has 2 aliphatic heterocycles. The van der Waals surface area contributed by atoms with Crippen LogP contribution in [0.2, 0.25) is 0 Å². The summed E-state index contributed by atoms with van der Waals surface area (Å²) in [6, 6.07) is 0. The van der Waals surface area contributed by atoms with Crippen molar-refractivity contribution in [1.29, 1.82) is 0 Å².